The molecule has 0 aliphatic heterocycles. The summed E-state index contributed by atoms with van der Waals surface area (Å²) in [7, 11) is 0. The number of nitrogens with zero attached hydrogens (tertiary/aromatic N) is 1. The molecule has 1 aromatic rings. The first-order chi connectivity index (χ1) is 7.69. The van der Waals surface area contributed by atoms with Crippen LogP contribution in [0, 0.1) is 0 Å². The molecule has 0 saturated carbocycles. The number of rotatable bonds is 6. The van der Waals surface area contributed by atoms with Gasteiger partial charge in [-0.1, -0.05) is 20.3 Å². The van der Waals surface area contributed by atoms with E-state index in [9.17, 15) is 4.79 Å². The molecular formula is C12H18BrNOS. The minimum Gasteiger partial charge on any atom is -0.304 e. The van der Waals surface area contributed by atoms with Gasteiger partial charge in [-0.3, -0.25) is 4.79 Å². The first kappa shape index (κ1) is 13.7. The van der Waals surface area contributed by atoms with Gasteiger partial charge in [0, 0.05) is 13.0 Å². The molecule has 0 atom stereocenters. The lowest BCUT2D eigenvalue weighted by Crippen LogP contribution is -2.30. The molecule has 2 nitrogen and oxygen atoms in total. The van der Waals surface area contributed by atoms with Crippen molar-refractivity contribution in [1.29, 1.82) is 0 Å². The molecular weight excluding hydrogens is 286 g/mol. The zero-order valence-electron chi connectivity index (χ0n) is 9.83. The lowest BCUT2D eigenvalue weighted by Gasteiger charge is -2.20. The number of carbonyl (C=O) groups excluding carboxylic acids is 1. The standard InChI is InChI=1S/C12H18BrNOS/c1-3-5-9-14(11(15)6-4-2)12-8-7-10(13)16-12/h7-8H,3-6,9H2,1-2H3. The van der Waals surface area contributed by atoms with Gasteiger partial charge in [-0.25, -0.2) is 0 Å². The highest BCUT2D eigenvalue weighted by atomic mass is 79.9. The van der Waals surface area contributed by atoms with Gasteiger partial charge >= 0.3 is 0 Å². The molecule has 0 aromatic carbocycles. The minimum absolute atomic E-state index is 0.241. The van der Waals surface area contributed by atoms with Crippen molar-refractivity contribution in [2.24, 2.45) is 0 Å². The van der Waals surface area contributed by atoms with Crippen LogP contribution >= 0.6 is 27.3 Å². The smallest absolute Gasteiger partial charge is 0.227 e. The zero-order valence-corrected chi connectivity index (χ0v) is 12.2. The van der Waals surface area contributed by atoms with E-state index in [0.717, 1.165) is 34.6 Å². The van der Waals surface area contributed by atoms with E-state index < -0.39 is 0 Å². The number of hydrogen-bond acceptors (Lipinski definition) is 2. The second-order valence-electron chi connectivity index (χ2n) is 3.73. The Morgan fingerprint density at radius 1 is 1.38 bits per heavy atom. The van der Waals surface area contributed by atoms with E-state index in [1.165, 1.54) is 0 Å². The average Bonchev–Trinajstić information content (AvgIpc) is 2.66. The number of carbonyl (C=O) groups is 1. The molecule has 1 heterocycles. The predicted molar refractivity (Wildman–Crippen MR) is 74.2 cm³/mol. The fourth-order valence-electron chi connectivity index (χ4n) is 1.47. The average molecular weight is 304 g/mol. The van der Waals surface area contributed by atoms with Crippen molar-refractivity contribution >= 4 is 38.2 Å². The van der Waals surface area contributed by atoms with Crippen LogP contribution < -0.4 is 4.90 Å². The van der Waals surface area contributed by atoms with Crippen LogP contribution in [0.25, 0.3) is 0 Å². The zero-order chi connectivity index (χ0) is 12.0. The van der Waals surface area contributed by atoms with Gasteiger partial charge in [-0.2, -0.15) is 0 Å². The van der Waals surface area contributed by atoms with E-state index in [2.05, 4.69) is 22.9 Å². The van der Waals surface area contributed by atoms with Gasteiger partial charge in [0.05, 0.1) is 8.79 Å². The van der Waals surface area contributed by atoms with Crippen molar-refractivity contribution in [3.63, 3.8) is 0 Å². The number of hydrogen-bond donors (Lipinski definition) is 0. The fourth-order valence-corrected chi connectivity index (χ4v) is 2.88. The summed E-state index contributed by atoms with van der Waals surface area (Å²) in [4.78, 5) is 13.9. The summed E-state index contributed by atoms with van der Waals surface area (Å²) in [6.45, 7) is 5.02. The molecule has 1 aromatic heterocycles. The highest BCUT2D eigenvalue weighted by molar-refractivity contribution is 9.11. The van der Waals surface area contributed by atoms with Crippen molar-refractivity contribution in [2.75, 3.05) is 11.4 Å². The summed E-state index contributed by atoms with van der Waals surface area (Å²) >= 11 is 5.06. The van der Waals surface area contributed by atoms with Crippen molar-refractivity contribution in [2.45, 2.75) is 39.5 Å². The quantitative estimate of drug-likeness (QED) is 0.760. The van der Waals surface area contributed by atoms with Crippen molar-refractivity contribution in [3.8, 4) is 0 Å². The monoisotopic (exact) mass is 303 g/mol. The number of halogens is 1. The Balaban J connectivity index is 2.74. The summed E-state index contributed by atoms with van der Waals surface area (Å²) in [6, 6.07) is 4.01. The van der Waals surface area contributed by atoms with Crippen LogP contribution in [-0.4, -0.2) is 12.5 Å². The summed E-state index contributed by atoms with van der Waals surface area (Å²) in [5.74, 6) is 0.241. The molecule has 0 fully saturated rings. The SMILES string of the molecule is CCCCN(C(=O)CCC)c1ccc(Br)s1. The Hall–Kier alpha value is -0.350. The second-order valence-corrected chi connectivity index (χ2v) is 6.17. The lowest BCUT2D eigenvalue weighted by atomic mass is 10.2. The third kappa shape index (κ3) is 3.91. The van der Waals surface area contributed by atoms with Crippen LogP contribution in [0.3, 0.4) is 0 Å². The van der Waals surface area contributed by atoms with Crippen LogP contribution in [0.2, 0.25) is 0 Å². The number of anilines is 1. The summed E-state index contributed by atoms with van der Waals surface area (Å²) in [6.07, 6.45) is 3.72. The Labute approximate surface area is 110 Å². The maximum Gasteiger partial charge on any atom is 0.227 e. The summed E-state index contributed by atoms with van der Waals surface area (Å²) in [5, 5.41) is 1.05. The molecule has 0 radical (unpaired) electrons. The number of unbranched alkanes of at least 4 members (excludes halogenated alkanes) is 1. The molecule has 1 amide bonds. The maximum absolute atomic E-state index is 12.0. The van der Waals surface area contributed by atoms with Crippen molar-refractivity contribution < 1.29 is 4.79 Å². The van der Waals surface area contributed by atoms with E-state index >= 15 is 0 Å². The number of thiophene rings is 1. The van der Waals surface area contributed by atoms with Gasteiger partial charge in [0.2, 0.25) is 5.91 Å². The predicted octanol–water partition coefficient (Wildman–Crippen LogP) is 4.44. The normalized spacial score (nSPS) is 10.4. The van der Waals surface area contributed by atoms with E-state index in [4.69, 9.17) is 0 Å². The van der Waals surface area contributed by atoms with Crippen LogP contribution in [0.15, 0.2) is 15.9 Å². The molecule has 0 aliphatic rings. The Morgan fingerprint density at radius 2 is 2.12 bits per heavy atom. The van der Waals surface area contributed by atoms with Gasteiger partial charge in [0.15, 0.2) is 0 Å². The molecule has 4 heteroatoms. The summed E-state index contributed by atoms with van der Waals surface area (Å²) < 4.78 is 1.08. The first-order valence-corrected chi connectivity index (χ1v) is 7.35. The fraction of sp³-hybridized carbons (Fsp3) is 0.583. The molecule has 0 spiro atoms. The van der Waals surface area contributed by atoms with Crippen LogP contribution in [0.4, 0.5) is 5.00 Å². The van der Waals surface area contributed by atoms with E-state index in [1.807, 2.05) is 24.0 Å². The number of amides is 1. The second kappa shape index (κ2) is 7.07. The van der Waals surface area contributed by atoms with Gasteiger partial charge < -0.3 is 4.90 Å². The molecule has 0 N–H and O–H groups in total. The van der Waals surface area contributed by atoms with Crippen LogP contribution in [0.1, 0.15) is 39.5 Å². The maximum atomic E-state index is 12.0. The molecule has 0 saturated heterocycles. The Kier molecular flexibility index (Phi) is 6.06. The van der Waals surface area contributed by atoms with Crippen LogP contribution in [0.5, 0.6) is 0 Å². The van der Waals surface area contributed by atoms with Crippen molar-refractivity contribution in [3.05, 3.63) is 15.9 Å². The first-order valence-electron chi connectivity index (χ1n) is 5.74. The van der Waals surface area contributed by atoms with Gasteiger partial charge in [0.1, 0.15) is 0 Å². The molecule has 0 unspecified atom stereocenters. The highest BCUT2D eigenvalue weighted by Gasteiger charge is 2.15. The third-order valence-corrected chi connectivity index (χ3v) is 3.97. The topological polar surface area (TPSA) is 20.3 Å². The molecule has 1 rings (SSSR count). The van der Waals surface area contributed by atoms with Gasteiger partial charge in [-0.05, 0) is 40.9 Å². The van der Waals surface area contributed by atoms with E-state index in [-0.39, 0.29) is 5.91 Å². The minimum atomic E-state index is 0.241. The van der Waals surface area contributed by atoms with E-state index in [1.54, 1.807) is 11.3 Å². The van der Waals surface area contributed by atoms with Crippen molar-refractivity contribution in [1.82, 2.24) is 0 Å². The molecule has 90 valence electrons. The molecule has 0 bridgehead atoms. The highest BCUT2D eigenvalue weighted by Crippen LogP contribution is 2.30. The van der Waals surface area contributed by atoms with Gasteiger partial charge in [0.25, 0.3) is 0 Å². The summed E-state index contributed by atoms with van der Waals surface area (Å²) in [5.41, 5.74) is 0. The Morgan fingerprint density at radius 3 is 2.62 bits per heavy atom. The third-order valence-electron chi connectivity index (χ3n) is 2.33. The van der Waals surface area contributed by atoms with Crippen LogP contribution in [-0.2, 0) is 4.79 Å². The van der Waals surface area contributed by atoms with E-state index in [0.29, 0.717) is 6.42 Å². The lowest BCUT2D eigenvalue weighted by molar-refractivity contribution is -0.118. The molecule has 16 heavy (non-hydrogen) atoms. The Bertz CT molecular complexity index is 338. The molecule has 0 aliphatic carbocycles. The largest absolute Gasteiger partial charge is 0.304 e. The van der Waals surface area contributed by atoms with Gasteiger partial charge in [-0.15, -0.1) is 11.3 Å².